The first-order valence-electron chi connectivity index (χ1n) is 8.38. The summed E-state index contributed by atoms with van der Waals surface area (Å²) in [5, 5.41) is 17.1. The number of carbonyl (C=O) groups is 1. The molecule has 142 valence electrons. The SMILES string of the molecule is CC(C)(C)[C@@H](CC(=O)O)Cc1nc(-c2[nH]nc3ncc(Cl)cc23)ncc1F. The minimum absolute atomic E-state index is 0.0746. The van der Waals surface area contributed by atoms with Crippen LogP contribution in [0.4, 0.5) is 4.39 Å². The standard InChI is InChI=1S/C18H19ClFN5O2/c1-18(2,3)9(5-14(26)27)4-13-12(20)8-22-17(23-13)15-11-6-10(19)7-21-16(11)25-24-15/h6-9H,4-5H2,1-3H3,(H,26,27)(H,21,24,25)/t9-/m1/s1. The smallest absolute Gasteiger partial charge is 0.303 e. The van der Waals surface area contributed by atoms with Crippen molar-refractivity contribution >= 4 is 28.6 Å². The van der Waals surface area contributed by atoms with Gasteiger partial charge in [0.05, 0.1) is 22.3 Å². The predicted molar refractivity (Wildman–Crippen MR) is 98.8 cm³/mol. The van der Waals surface area contributed by atoms with E-state index in [0.29, 0.717) is 21.7 Å². The van der Waals surface area contributed by atoms with Gasteiger partial charge in [-0.2, -0.15) is 5.10 Å². The van der Waals surface area contributed by atoms with E-state index >= 15 is 0 Å². The molecular formula is C18H19ClFN5O2. The van der Waals surface area contributed by atoms with Gasteiger partial charge in [-0.1, -0.05) is 32.4 Å². The van der Waals surface area contributed by atoms with Crippen molar-refractivity contribution < 1.29 is 14.3 Å². The summed E-state index contributed by atoms with van der Waals surface area (Å²) in [4.78, 5) is 23.7. The average Bonchev–Trinajstić information content (AvgIpc) is 2.98. The Hall–Kier alpha value is -2.61. The van der Waals surface area contributed by atoms with Crippen molar-refractivity contribution in [3.05, 3.63) is 35.0 Å². The largest absolute Gasteiger partial charge is 0.481 e. The molecule has 0 radical (unpaired) electrons. The molecule has 0 aliphatic heterocycles. The monoisotopic (exact) mass is 391 g/mol. The number of nitrogens with zero attached hydrogens (tertiary/aromatic N) is 4. The van der Waals surface area contributed by atoms with Crippen molar-refractivity contribution in [1.29, 1.82) is 0 Å². The van der Waals surface area contributed by atoms with Crippen molar-refractivity contribution in [3.8, 4) is 11.5 Å². The van der Waals surface area contributed by atoms with E-state index in [9.17, 15) is 14.3 Å². The average molecular weight is 392 g/mol. The quantitative estimate of drug-likeness (QED) is 0.683. The fraction of sp³-hybridized carbons (Fsp3) is 0.389. The minimum atomic E-state index is -0.926. The molecule has 2 N–H and O–H groups in total. The zero-order valence-corrected chi connectivity index (χ0v) is 15.9. The summed E-state index contributed by atoms with van der Waals surface area (Å²) in [7, 11) is 0. The summed E-state index contributed by atoms with van der Waals surface area (Å²) in [5.41, 5.74) is 0.765. The summed E-state index contributed by atoms with van der Waals surface area (Å²) in [6, 6.07) is 1.68. The fourth-order valence-electron chi connectivity index (χ4n) is 2.84. The minimum Gasteiger partial charge on any atom is -0.481 e. The maximum atomic E-state index is 14.3. The molecule has 27 heavy (non-hydrogen) atoms. The van der Waals surface area contributed by atoms with Crippen LogP contribution < -0.4 is 0 Å². The molecule has 3 aromatic heterocycles. The molecule has 0 aliphatic carbocycles. The highest BCUT2D eigenvalue weighted by Crippen LogP contribution is 2.32. The maximum absolute atomic E-state index is 14.3. The van der Waals surface area contributed by atoms with Gasteiger partial charge in [0.15, 0.2) is 17.3 Å². The van der Waals surface area contributed by atoms with E-state index in [-0.39, 0.29) is 35.7 Å². The van der Waals surface area contributed by atoms with Crippen LogP contribution in [0.5, 0.6) is 0 Å². The molecular weight excluding hydrogens is 373 g/mol. The third-order valence-corrected chi connectivity index (χ3v) is 4.71. The second kappa shape index (κ2) is 7.19. The summed E-state index contributed by atoms with van der Waals surface area (Å²) in [6.07, 6.45) is 2.67. The van der Waals surface area contributed by atoms with E-state index in [4.69, 9.17) is 11.6 Å². The molecule has 1 atom stereocenters. The van der Waals surface area contributed by atoms with Crippen LogP contribution in [0.3, 0.4) is 0 Å². The summed E-state index contributed by atoms with van der Waals surface area (Å²) < 4.78 is 14.3. The summed E-state index contributed by atoms with van der Waals surface area (Å²) in [6.45, 7) is 5.78. The van der Waals surface area contributed by atoms with E-state index < -0.39 is 11.8 Å². The number of aromatic amines is 1. The molecule has 0 unspecified atom stereocenters. The van der Waals surface area contributed by atoms with Crippen LogP contribution >= 0.6 is 11.6 Å². The molecule has 0 bridgehead atoms. The zero-order valence-electron chi connectivity index (χ0n) is 15.1. The lowest BCUT2D eigenvalue weighted by Gasteiger charge is -2.29. The van der Waals surface area contributed by atoms with Gasteiger partial charge in [0.2, 0.25) is 0 Å². The molecule has 3 aromatic rings. The number of H-pyrrole nitrogens is 1. The molecule has 0 fully saturated rings. The van der Waals surface area contributed by atoms with Crippen molar-refractivity contribution in [3.63, 3.8) is 0 Å². The third-order valence-electron chi connectivity index (χ3n) is 4.50. The van der Waals surface area contributed by atoms with Gasteiger partial charge >= 0.3 is 5.97 Å². The van der Waals surface area contributed by atoms with Crippen LogP contribution in [-0.2, 0) is 11.2 Å². The molecule has 3 heterocycles. The van der Waals surface area contributed by atoms with Crippen molar-refractivity contribution in [2.24, 2.45) is 11.3 Å². The Morgan fingerprint density at radius 2 is 2.07 bits per heavy atom. The first-order valence-corrected chi connectivity index (χ1v) is 8.76. The Morgan fingerprint density at radius 1 is 1.33 bits per heavy atom. The van der Waals surface area contributed by atoms with Crippen molar-refractivity contribution in [2.45, 2.75) is 33.6 Å². The highest BCUT2D eigenvalue weighted by atomic mass is 35.5. The summed E-state index contributed by atoms with van der Waals surface area (Å²) >= 11 is 6.00. The van der Waals surface area contributed by atoms with E-state index in [1.807, 2.05) is 20.8 Å². The number of carboxylic acid groups (broad SMARTS) is 1. The molecule has 0 amide bonds. The Balaban J connectivity index is 2.01. The topological polar surface area (TPSA) is 105 Å². The van der Waals surface area contributed by atoms with Gasteiger partial charge in [-0.15, -0.1) is 0 Å². The van der Waals surface area contributed by atoms with Gasteiger partial charge in [0.25, 0.3) is 0 Å². The lowest BCUT2D eigenvalue weighted by atomic mass is 9.76. The van der Waals surface area contributed by atoms with Gasteiger partial charge in [-0.05, 0) is 23.8 Å². The number of nitrogens with one attached hydrogen (secondary N) is 1. The van der Waals surface area contributed by atoms with Gasteiger partial charge < -0.3 is 5.11 Å². The van der Waals surface area contributed by atoms with Gasteiger partial charge in [0, 0.05) is 12.6 Å². The van der Waals surface area contributed by atoms with Crippen LogP contribution in [0.1, 0.15) is 32.9 Å². The number of aliphatic carboxylic acids is 1. The maximum Gasteiger partial charge on any atom is 0.303 e. The number of hydrogen-bond donors (Lipinski definition) is 2. The number of hydrogen-bond acceptors (Lipinski definition) is 5. The van der Waals surface area contributed by atoms with Crippen LogP contribution in [0.25, 0.3) is 22.6 Å². The first kappa shape index (κ1) is 19.2. The number of rotatable bonds is 5. The summed E-state index contributed by atoms with van der Waals surface area (Å²) in [5.74, 6) is -1.54. The lowest BCUT2D eigenvalue weighted by molar-refractivity contribution is -0.139. The normalized spacial score (nSPS) is 13.1. The van der Waals surface area contributed by atoms with Crippen molar-refractivity contribution in [2.75, 3.05) is 0 Å². The number of halogens is 2. The predicted octanol–water partition coefficient (Wildman–Crippen LogP) is 3.89. The number of pyridine rings is 1. The third kappa shape index (κ3) is 4.21. The highest BCUT2D eigenvalue weighted by molar-refractivity contribution is 6.31. The number of carboxylic acids is 1. The Morgan fingerprint density at radius 3 is 2.74 bits per heavy atom. The van der Waals surface area contributed by atoms with E-state index in [2.05, 4.69) is 25.1 Å². The van der Waals surface area contributed by atoms with E-state index in [1.54, 1.807) is 6.07 Å². The molecule has 9 heteroatoms. The molecule has 0 aromatic carbocycles. The molecule has 0 aliphatic rings. The van der Waals surface area contributed by atoms with Gasteiger partial charge in [0.1, 0.15) is 5.69 Å². The van der Waals surface area contributed by atoms with Gasteiger partial charge in [-0.3, -0.25) is 9.89 Å². The van der Waals surface area contributed by atoms with Crippen LogP contribution in [0, 0.1) is 17.2 Å². The van der Waals surface area contributed by atoms with Crippen molar-refractivity contribution in [1.82, 2.24) is 25.1 Å². The lowest BCUT2D eigenvalue weighted by Crippen LogP contribution is -2.26. The zero-order chi connectivity index (χ0) is 19.8. The van der Waals surface area contributed by atoms with E-state index in [0.717, 1.165) is 6.20 Å². The molecule has 0 saturated heterocycles. The Bertz CT molecular complexity index is 999. The van der Waals surface area contributed by atoms with Gasteiger partial charge in [-0.25, -0.2) is 19.3 Å². The molecule has 7 nitrogen and oxygen atoms in total. The van der Waals surface area contributed by atoms with E-state index in [1.165, 1.54) is 6.20 Å². The molecule has 0 saturated carbocycles. The first-order chi connectivity index (χ1) is 12.6. The fourth-order valence-corrected chi connectivity index (χ4v) is 3.00. The van der Waals surface area contributed by atoms with Crippen LogP contribution in [0.2, 0.25) is 5.02 Å². The van der Waals surface area contributed by atoms with Crippen LogP contribution in [-0.4, -0.2) is 36.2 Å². The molecule has 3 rings (SSSR count). The van der Waals surface area contributed by atoms with Crippen LogP contribution in [0.15, 0.2) is 18.5 Å². The second-order valence-corrected chi connectivity index (χ2v) is 7.91. The Labute approximate surface area is 160 Å². The number of aromatic nitrogens is 5. The Kier molecular flexibility index (Phi) is 5.10. The second-order valence-electron chi connectivity index (χ2n) is 7.48. The highest BCUT2D eigenvalue weighted by Gasteiger charge is 2.29. The molecule has 0 spiro atoms. The number of fused-ring (bicyclic) bond motifs is 1.